The Morgan fingerprint density at radius 2 is 1.83 bits per heavy atom. The van der Waals surface area contributed by atoms with E-state index in [4.69, 9.17) is 5.84 Å². The van der Waals surface area contributed by atoms with E-state index in [9.17, 15) is 4.79 Å². The molecule has 0 aliphatic heterocycles. The Bertz CT molecular complexity index is 1020. The summed E-state index contributed by atoms with van der Waals surface area (Å²) in [5.74, 6) is 6.36. The Morgan fingerprint density at radius 3 is 2.57 bits per heavy atom. The van der Waals surface area contributed by atoms with Crippen LogP contribution in [0.2, 0.25) is 0 Å². The highest BCUT2D eigenvalue weighted by Crippen LogP contribution is 2.16. The van der Waals surface area contributed by atoms with Crippen molar-refractivity contribution in [1.29, 1.82) is 0 Å². The van der Waals surface area contributed by atoms with Gasteiger partial charge in [0.1, 0.15) is 0 Å². The molecule has 1 aromatic heterocycles. The normalized spacial score (nSPS) is 11.6. The number of hydrogen-bond donors (Lipinski definition) is 3. The molecule has 30 heavy (non-hydrogen) atoms. The smallest absolute Gasteiger partial charge is 0.264 e. The predicted octanol–water partition coefficient (Wildman–Crippen LogP) is 2.90. The third-order valence-electron chi connectivity index (χ3n) is 3.98. The molecule has 0 saturated heterocycles. The summed E-state index contributed by atoms with van der Waals surface area (Å²) in [5, 5.41) is 15.5. The van der Waals surface area contributed by atoms with Crippen molar-refractivity contribution in [2.75, 3.05) is 17.0 Å². The molecule has 0 saturated carbocycles. The lowest BCUT2D eigenvalue weighted by Crippen LogP contribution is -2.25. The number of benzene rings is 2. The third kappa shape index (κ3) is 6.49. The second-order valence-corrected chi connectivity index (χ2v) is 7.28. The number of rotatable bonds is 9. The van der Waals surface area contributed by atoms with Crippen LogP contribution in [0.4, 0.5) is 5.95 Å². The van der Waals surface area contributed by atoms with Gasteiger partial charge in [-0.1, -0.05) is 78.5 Å². The van der Waals surface area contributed by atoms with Crippen molar-refractivity contribution in [2.45, 2.75) is 18.6 Å². The van der Waals surface area contributed by atoms with Gasteiger partial charge in [0.15, 0.2) is 0 Å². The fourth-order valence-electron chi connectivity index (χ4n) is 2.39. The molecule has 9 heteroatoms. The number of nitrogens with zero attached hydrogens (tertiary/aromatic N) is 4. The molecule has 4 N–H and O–H groups in total. The van der Waals surface area contributed by atoms with Crippen LogP contribution in [0.25, 0.3) is 6.08 Å². The Hall–Kier alpha value is -3.59. The highest BCUT2D eigenvalue weighted by molar-refractivity contribution is 7.99. The van der Waals surface area contributed by atoms with Gasteiger partial charge in [-0.25, -0.2) is 10.1 Å². The average Bonchev–Trinajstić information content (AvgIpc) is 3.14. The average molecular weight is 422 g/mol. The van der Waals surface area contributed by atoms with E-state index in [1.807, 2.05) is 79.7 Å². The number of amides is 1. The van der Waals surface area contributed by atoms with Crippen molar-refractivity contribution >= 4 is 35.4 Å². The van der Waals surface area contributed by atoms with Gasteiger partial charge in [0.05, 0.1) is 11.5 Å². The van der Waals surface area contributed by atoms with E-state index in [1.54, 1.807) is 0 Å². The first kappa shape index (κ1) is 21.1. The first-order valence-electron chi connectivity index (χ1n) is 9.29. The molecule has 0 spiro atoms. The fraction of sp³-hybridized carbons (Fsp3) is 0.143. The number of carbonyl (C=O) groups is 1. The lowest BCUT2D eigenvalue weighted by atomic mass is 10.2. The van der Waals surface area contributed by atoms with Gasteiger partial charge in [0.2, 0.25) is 11.1 Å². The molecule has 1 heterocycles. The van der Waals surface area contributed by atoms with Crippen LogP contribution in [0.3, 0.4) is 0 Å². The number of nitrogen functional groups attached to an aromatic ring is 1. The summed E-state index contributed by atoms with van der Waals surface area (Å²) < 4.78 is 1.27. The Labute approximate surface area is 179 Å². The van der Waals surface area contributed by atoms with Crippen LogP contribution in [0, 0.1) is 0 Å². The summed E-state index contributed by atoms with van der Waals surface area (Å²) in [6.07, 6.45) is 3.84. The number of aromatic nitrogens is 3. The largest absolute Gasteiger partial charge is 0.351 e. The number of hydrogen-bond acceptors (Lipinski definition) is 7. The van der Waals surface area contributed by atoms with Crippen LogP contribution in [0.15, 0.2) is 77.0 Å². The van der Waals surface area contributed by atoms with Gasteiger partial charge in [-0.05, 0) is 24.1 Å². The number of anilines is 1. The van der Waals surface area contributed by atoms with Crippen molar-refractivity contribution in [2.24, 2.45) is 5.10 Å². The van der Waals surface area contributed by atoms with Gasteiger partial charge in [-0.15, -0.1) is 10.2 Å². The number of thioether (sulfide) groups is 1. The maximum atomic E-state index is 12.0. The molecule has 0 fully saturated rings. The predicted molar refractivity (Wildman–Crippen MR) is 121 cm³/mol. The molecule has 1 amide bonds. The summed E-state index contributed by atoms with van der Waals surface area (Å²) in [6, 6.07) is 19.7. The Morgan fingerprint density at radius 1 is 1.13 bits per heavy atom. The van der Waals surface area contributed by atoms with Crippen LogP contribution in [-0.2, 0) is 11.3 Å². The molecule has 3 aromatic rings. The highest BCUT2D eigenvalue weighted by Gasteiger charge is 2.12. The third-order valence-corrected chi connectivity index (χ3v) is 4.92. The minimum absolute atomic E-state index is 0.110. The molecule has 0 aliphatic rings. The summed E-state index contributed by atoms with van der Waals surface area (Å²) in [7, 11) is 0. The maximum absolute atomic E-state index is 12.0. The topological polar surface area (TPSA) is 110 Å². The lowest BCUT2D eigenvalue weighted by Gasteiger charge is -2.05. The van der Waals surface area contributed by atoms with Crippen molar-refractivity contribution in [3.05, 3.63) is 77.9 Å². The first-order chi connectivity index (χ1) is 14.6. The highest BCUT2D eigenvalue weighted by atomic mass is 32.2. The van der Waals surface area contributed by atoms with E-state index in [-0.39, 0.29) is 17.6 Å². The summed E-state index contributed by atoms with van der Waals surface area (Å²) >= 11 is 1.20. The maximum Gasteiger partial charge on any atom is 0.264 e. The van der Waals surface area contributed by atoms with E-state index in [0.717, 1.165) is 16.8 Å². The van der Waals surface area contributed by atoms with E-state index in [1.165, 1.54) is 16.4 Å². The molecule has 2 aromatic carbocycles. The van der Waals surface area contributed by atoms with Gasteiger partial charge < -0.3 is 11.2 Å². The zero-order chi connectivity index (χ0) is 21.2. The van der Waals surface area contributed by atoms with Gasteiger partial charge in [0.25, 0.3) is 5.95 Å². The van der Waals surface area contributed by atoms with E-state index < -0.39 is 0 Å². The molecule has 8 nitrogen and oxygen atoms in total. The van der Waals surface area contributed by atoms with Gasteiger partial charge >= 0.3 is 0 Å². The number of nitrogens with two attached hydrogens (primary N) is 1. The first-order valence-corrected chi connectivity index (χ1v) is 10.3. The van der Waals surface area contributed by atoms with E-state index in [0.29, 0.717) is 11.7 Å². The quantitative estimate of drug-likeness (QED) is 0.212. The summed E-state index contributed by atoms with van der Waals surface area (Å²) in [4.78, 5) is 12.0. The number of allylic oxidation sites excluding steroid dienone is 1. The molecule has 154 valence electrons. The Balaban J connectivity index is 1.48. The van der Waals surface area contributed by atoms with Crippen LogP contribution < -0.4 is 16.6 Å². The SMILES string of the molecule is CC(/C=C/c1ccccc1)=N\Nc1nnc(SCC(=O)NCc2ccccc2)n1N. The Kier molecular flexibility index (Phi) is 7.62. The molecule has 0 radical (unpaired) electrons. The zero-order valence-electron chi connectivity index (χ0n) is 16.5. The molecular weight excluding hydrogens is 398 g/mol. The number of nitrogens with one attached hydrogen (secondary N) is 2. The molecule has 0 aliphatic carbocycles. The second kappa shape index (κ2) is 10.8. The number of hydrazone groups is 1. The van der Waals surface area contributed by atoms with Crippen LogP contribution in [-0.4, -0.2) is 32.2 Å². The van der Waals surface area contributed by atoms with Crippen LogP contribution >= 0.6 is 11.8 Å². The number of carbonyl (C=O) groups excluding carboxylic acids is 1. The standard InChI is InChI=1S/C21H23N7OS/c1-16(12-13-17-8-4-2-5-9-17)24-25-20-26-27-21(28(20)22)30-15-19(29)23-14-18-10-6-3-7-11-18/h2-13H,14-15,22H2,1H3,(H,23,29)(H,25,26)/b13-12+,24-16+. The summed E-state index contributed by atoms with van der Waals surface area (Å²) in [5.41, 5.74) is 5.66. The van der Waals surface area contributed by atoms with Crippen molar-refractivity contribution < 1.29 is 4.79 Å². The monoisotopic (exact) mass is 421 g/mol. The lowest BCUT2D eigenvalue weighted by molar-refractivity contribution is -0.118. The second-order valence-electron chi connectivity index (χ2n) is 6.34. The minimum atomic E-state index is -0.110. The van der Waals surface area contributed by atoms with Crippen molar-refractivity contribution in [3.8, 4) is 0 Å². The van der Waals surface area contributed by atoms with Crippen molar-refractivity contribution in [3.63, 3.8) is 0 Å². The van der Waals surface area contributed by atoms with E-state index >= 15 is 0 Å². The summed E-state index contributed by atoms with van der Waals surface area (Å²) in [6.45, 7) is 2.34. The molecule has 3 rings (SSSR count). The minimum Gasteiger partial charge on any atom is -0.351 e. The fourth-order valence-corrected chi connectivity index (χ4v) is 3.07. The van der Waals surface area contributed by atoms with Crippen LogP contribution in [0.5, 0.6) is 0 Å². The van der Waals surface area contributed by atoms with Crippen LogP contribution in [0.1, 0.15) is 18.1 Å². The van der Waals surface area contributed by atoms with Gasteiger partial charge in [0, 0.05) is 6.54 Å². The molecule has 0 bridgehead atoms. The molecule has 0 atom stereocenters. The molecule has 0 unspecified atom stereocenters. The zero-order valence-corrected chi connectivity index (χ0v) is 17.3. The molecular formula is C21H23N7OS. The van der Waals surface area contributed by atoms with Crippen molar-refractivity contribution in [1.82, 2.24) is 20.2 Å². The van der Waals surface area contributed by atoms with Gasteiger partial charge in [-0.2, -0.15) is 5.10 Å². The van der Waals surface area contributed by atoms with Gasteiger partial charge in [-0.3, -0.25) is 4.79 Å². The van der Waals surface area contributed by atoms with E-state index in [2.05, 4.69) is 26.0 Å².